The standard InChI is InChI=1S/C19H35N3O2/c1-20-18(21-14-9-4-3-6-10-17(23)24-2)22-15-13-19(16-22)11-7-5-8-12-19/h3-16H2,1-2H3,(H,20,21). The van der Waals surface area contributed by atoms with Gasteiger partial charge < -0.3 is 15.0 Å². The molecular formula is C19H35N3O2. The average Bonchev–Trinajstić information content (AvgIpc) is 3.00. The molecule has 0 aromatic carbocycles. The van der Waals surface area contributed by atoms with Crippen LogP contribution >= 0.6 is 0 Å². The molecule has 1 aliphatic heterocycles. The number of aliphatic imine (C=N–C) groups is 1. The second-order valence-corrected chi connectivity index (χ2v) is 7.45. The summed E-state index contributed by atoms with van der Waals surface area (Å²) in [7, 11) is 3.35. The number of hydrogen-bond donors (Lipinski definition) is 1. The third-order valence-electron chi connectivity index (χ3n) is 5.68. The Morgan fingerprint density at radius 1 is 1.12 bits per heavy atom. The van der Waals surface area contributed by atoms with E-state index in [1.165, 1.54) is 52.2 Å². The number of carbonyl (C=O) groups excluding carboxylic acids is 1. The van der Waals surface area contributed by atoms with Gasteiger partial charge in [-0.15, -0.1) is 0 Å². The van der Waals surface area contributed by atoms with Crippen molar-refractivity contribution in [3.63, 3.8) is 0 Å². The Morgan fingerprint density at radius 2 is 1.88 bits per heavy atom. The number of esters is 1. The highest BCUT2D eigenvalue weighted by molar-refractivity contribution is 5.80. The van der Waals surface area contributed by atoms with Crippen molar-refractivity contribution in [3.8, 4) is 0 Å². The lowest BCUT2D eigenvalue weighted by Gasteiger charge is -2.33. The van der Waals surface area contributed by atoms with E-state index in [0.29, 0.717) is 11.8 Å². The molecule has 1 spiro atoms. The van der Waals surface area contributed by atoms with Crippen molar-refractivity contribution in [2.45, 2.75) is 70.6 Å². The molecule has 1 N–H and O–H groups in total. The minimum Gasteiger partial charge on any atom is -0.469 e. The number of nitrogens with zero attached hydrogens (tertiary/aromatic N) is 2. The second-order valence-electron chi connectivity index (χ2n) is 7.45. The summed E-state index contributed by atoms with van der Waals surface area (Å²) in [5.74, 6) is 0.978. The van der Waals surface area contributed by atoms with E-state index in [1.54, 1.807) is 0 Å². The predicted molar refractivity (Wildman–Crippen MR) is 98.2 cm³/mol. The van der Waals surface area contributed by atoms with Gasteiger partial charge in [0, 0.05) is 33.1 Å². The van der Waals surface area contributed by atoms with Gasteiger partial charge in [-0.25, -0.2) is 0 Å². The minimum atomic E-state index is -0.0980. The second kappa shape index (κ2) is 9.90. The van der Waals surface area contributed by atoms with E-state index in [1.807, 2.05) is 7.05 Å². The minimum absolute atomic E-state index is 0.0980. The van der Waals surface area contributed by atoms with Crippen molar-refractivity contribution >= 4 is 11.9 Å². The first kappa shape index (κ1) is 19.1. The molecule has 0 radical (unpaired) electrons. The number of hydrogen-bond acceptors (Lipinski definition) is 3. The molecule has 1 saturated carbocycles. The van der Waals surface area contributed by atoms with Crippen LogP contribution in [0.5, 0.6) is 0 Å². The normalized spacial score (nSPS) is 20.4. The summed E-state index contributed by atoms with van der Waals surface area (Å²) in [6.07, 6.45) is 13.2. The first-order valence-electron chi connectivity index (χ1n) is 9.71. The zero-order valence-electron chi connectivity index (χ0n) is 15.6. The summed E-state index contributed by atoms with van der Waals surface area (Å²) in [4.78, 5) is 18.0. The lowest BCUT2D eigenvalue weighted by atomic mass is 9.73. The van der Waals surface area contributed by atoms with Crippen LogP contribution in [0.3, 0.4) is 0 Å². The number of ether oxygens (including phenoxy) is 1. The highest BCUT2D eigenvalue weighted by atomic mass is 16.5. The van der Waals surface area contributed by atoms with Crippen LogP contribution in [0.4, 0.5) is 0 Å². The molecule has 5 heteroatoms. The van der Waals surface area contributed by atoms with Crippen LogP contribution in [0.2, 0.25) is 0 Å². The number of guanidine groups is 1. The monoisotopic (exact) mass is 337 g/mol. The first-order chi connectivity index (χ1) is 11.7. The summed E-state index contributed by atoms with van der Waals surface area (Å²) >= 11 is 0. The van der Waals surface area contributed by atoms with E-state index in [9.17, 15) is 4.79 Å². The van der Waals surface area contributed by atoms with Gasteiger partial charge in [-0.2, -0.15) is 0 Å². The van der Waals surface area contributed by atoms with Crippen LogP contribution in [-0.4, -0.2) is 50.6 Å². The average molecular weight is 338 g/mol. The highest BCUT2D eigenvalue weighted by Crippen LogP contribution is 2.43. The van der Waals surface area contributed by atoms with Crippen LogP contribution in [0, 0.1) is 5.41 Å². The predicted octanol–water partition coefficient (Wildman–Crippen LogP) is 3.34. The van der Waals surface area contributed by atoms with Crippen molar-refractivity contribution in [2.24, 2.45) is 10.4 Å². The SMILES string of the molecule is CN=C(NCCCCCCC(=O)OC)N1CCC2(CCCCC2)C1. The summed E-state index contributed by atoms with van der Waals surface area (Å²) in [5.41, 5.74) is 0.573. The Hall–Kier alpha value is -1.26. The van der Waals surface area contributed by atoms with Gasteiger partial charge in [-0.3, -0.25) is 9.79 Å². The number of methoxy groups -OCH3 is 1. The molecular weight excluding hydrogens is 302 g/mol. The van der Waals surface area contributed by atoms with Crippen LogP contribution in [-0.2, 0) is 9.53 Å². The first-order valence-corrected chi connectivity index (χ1v) is 9.71. The molecule has 0 bridgehead atoms. The lowest BCUT2D eigenvalue weighted by molar-refractivity contribution is -0.140. The van der Waals surface area contributed by atoms with E-state index in [2.05, 4.69) is 19.9 Å². The molecule has 0 unspecified atom stereocenters. The summed E-state index contributed by atoms with van der Waals surface area (Å²) in [6.45, 7) is 3.30. The topological polar surface area (TPSA) is 53.9 Å². The van der Waals surface area contributed by atoms with Gasteiger partial charge in [0.05, 0.1) is 7.11 Å². The van der Waals surface area contributed by atoms with E-state index >= 15 is 0 Å². The molecule has 0 amide bonds. The van der Waals surface area contributed by atoms with E-state index in [4.69, 9.17) is 0 Å². The molecule has 1 aliphatic carbocycles. The lowest BCUT2D eigenvalue weighted by Crippen LogP contribution is -2.41. The van der Waals surface area contributed by atoms with Gasteiger partial charge in [0.25, 0.3) is 0 Å². The smallest absolute Gasteiger partial charge is 0.305 e. The molecule has 2 aliphatic rings. The van der Waals surface area contributed by atoms with Gasteiger partial charge in [-0.05, 0) is 37.5 Å². The molecule has 2 fully saturated rings. The zero-order valence-corrected chi connectivity index (χ0v) is 15.6. The number of carbonyl (C=O) groups is 1. The molecule has 138 valence electrons. The van der Waals surface area contributed by atoms with Crippen molar-refractivity contribution in [1.29, 1.82) is 0 Å². The Balaban J connectivity index is 1.60. The fourth-order valence-electron chi connectivity index (χ4n) is 4.21. The number of unbranched alkanes of at least 4 members (excludes halogenated alkanes) is 3. The van der Waals surface area contributed by atoms with Crippen molar-refractivity contribution in [3.05, 3.63) is 0 Å². The Morgan fingerprint density at radius 3 is 2.58 bits per heavy atom. The van der Waals surface area contributed by atoms with E-state index in [0.717, 1.165) is 44.7 Å². The fraction of sp³-hybridized carbons (Fsp3) is 0.895. The molecule has 1 saturated heterocycles. The van der Waals surface area contributed by atoms with Crippen LogP contribution in [0.1, 0.15) is 70.6 Å². The largest absolute Gasteiger partial charge is 0.469 e. The van der Waals surface area contributed by atoms with Crippen molar-refractivity contribution in [1.82, 2.24) is 10.2 Å². The van der Waals surface area contributed by atoms with Gasteiger partial charge in [0.15, 0.2) is 5.96 Å². The quantitative estimate of drug-likeness (QED) is 0.335. The Kier molecular flexibility index (Phi) is 7.86. The summed E-state index contributed by atoms with van der Waals surface area (Å²) in [6, 6.07) is 0. The van der Waals surface area contributed by atoms with Crippen LogP contribution < -0.4 is 5.32 Å². The fourth-order valence-corrected chi connectivity index (χ4v) is 4.21. The Bertz CT molecular complexity index is 417. The third-order valence-corrected chi connectivity index (χ3v) is 5.68. The van der Waals surface area contributed by atoms with Crippen LogP contribution in [0.25, 0.3) is 0 Å². The number of rotatable bonds is 7. The van der Waals surface area contributed by atoms with E-state index < -0.39 is 0 Å². The van der Waals surface area contributed by atoms with Crippen LogP contribution in [0.15, 0.2) is 4.99 Å². The molecule has 0 aromatic rings. The maximum atomic E-state index is 11.0. The molecule has 5 nitrogen and oxygen atoms in total. The Labute approximate surface area is 147 Å². The van der Waals surface area contributed by atoms with Gasteiger partial charge >= 0.3 is 5.97 Å². The highest BCUT2D eigenvalue weighted by Gasteiger charge is 2.39. The van der Waals surface area contributed by atoms with Crippen molar-refractivity contribution < 1.29 is 9.53 Å². The molecule has 1 heterocycles. The third kappa shape index (κ3) is 5.67. The number of likely N-dealkylation sites (tertiary alicyclic amines) is 1. The zero-order chi connectivity index (χ0) is 17.3. The maximum absolute atomic E-state index is 11.0. The molecule has 24 heavy (non-hydrogen) atoms. The molecule has 0 aromatic heterocycles. The van der Waals surface area contributed by atoms with Crippen molar-refractivity contribution in [2.75, 3.05) is 33.8 Å². The molecule has 2 rings (SSSR count). The summed E-state index contributed by atoms with van der Waals surface area (Å²) in [5, 5.41) is 3.53. The van der Waals surface area contributed by atoms with Gasteiger partial charge in [-0.1, -0.05) is 32.1 Å². The maximum Gasteiger partial charge on any atom is 0.305 e. The van der Waals surface area contributed by atoms with E-state index in [-0.39, 0.29) is 5.97 Å². The number of nitrogens with one attached hydrogen (secondary N) is 1. The van der Waals surface area contributed by atoms with Gasteiger partial charge in [0.2, 0.25) is 0 Å². The molecule has 0 atom stereocenters. The van der Waals surface area contributed by atoms with Gasteiger partial charge in [0.1, 0.15) is 0 Å². The summed E-state index contributed by atoms with van der Waals surface area (Å²) < 4.78 is 4.66.